The van der Waals surface area contributed by atoms with Crippen molar-refractivity contribution < 1.29 is 4.74 Å². The van der Waals surface area contributed by atoms with Gasteiger partial charge in [-0.2, -0.15) is 0 Å². The maximum absolute atomic E-state index is 5.27. The molecule has 3 nitrogen and oxygen atoms in total. The lowest BCUT2D eigenvalue weighted by atomic mass is 9.96. The molecule has 1 atom stereocenters. The van der Waals surface area contributed by atoms with Gasteiger partial charge in [0.15, 0.2) is 0 Å². The molecule has 2 aromatic rings. The molecule has 0 amide bonds. The maximum Gasteiger partial charge on any atom is 0.137 e. The molecule has 4 heteroatoms. The van der Waals surface area contributed by atoms with E-state index in [1.807, 2.05) is 12.3 Å². The highest BCUT2D eigenvalue weighted by Gasteiger charge is 2.17. The monoisotopic (exact) mass is 334 g/mol. The first-order valence-corrected chi connectivity index (χ1v) is 7.44. The van der Waals surface area contributed by atoms with Gasteiger partial charge in [-0.3, -0.25) is 4.98 Å². The van der Waals surface area contributed by atoms with Crippen molar-refractivity contribution >= 4 is 15.9 Å². The van der Waals surface area contributed by atoms with Gasteiger partial charge >= 0.3 is 0 Å². The maximum atomic E-state index is 5.27. The summed E-state index contributed by atoms with van der Waals surface area (Å²) in [6.07, 6.45) is 3.61. The van der Waals surface area contributed by atoms with Gasteiger partial charge in [0.05, 0.1) is 19.3 Å². The summed E-state index contributed by atoms with van der Waals surface area (Å²) in [4.78, 5) is 4.26. The number of hydrogen-bond donors (Lipinski definition) is 1. The van der Waals surface area contributed by atoms with Crippen LogP contribution in [0.3, 0.4) is 0 Å². The van der Waals surface area contributed by atoms with E-state index in [2.05, 4.69) is 58.3 Å². The van der Waals surface area contributed by atoms with E-state index in [-0.39, 0.29) is 6.04 Å². The van der Waals surface area contributed by atoms with Gasteiger partial charge in [-0.1, -0.05) is 35.0 Å². The molecular weight excluding hydrogens is 316 g/mol. The smallest absolute Gasteiger partial charge is 0.137 e. The second-order valence-corrected chi connectivity index (χ2v) is 5.46. The van der Waals surface area contributed by atoms with Crippen LogP contribution in [0.4, 0.5) is 0 Å². The van der Waals surface area contributed by atoms with Gasteiger partial charge in [-0.15, -0.1) is 0 Å². The molecule has 20 heavy (non-hydrogen) atoms. The van der Waals surface area contributed by atoms with Crippen LogP contribution in [0.1, 0.15) is 29.7 Å². The van der Waals surface area contributed by atoms with Gasteiger partial charge < -0.3 is 10.1 Å². The Morgan fingerprint density at radius 3 is 2.85 bits per heavy atom. The van der Waals surface area contributed by atoms with Crippen LogP contribution in [0.15, 0.2) is 41.1 Å². The number of rotatable bonds is 5. The summed E-state index contributed by atoms with van der Waals surface area (Å²) >= 11 is 3.60. The molecular formula is C16H19BrN2O. The van der Waals surface area contributed by atoms with Gasteiger partial charge in [0.2, 0.25) is 0 Å². The topological polar surface area (TPSA) is 34.2 Å². The Hall–Kier alpha value is -1.39. The number of aromatic nitrogens is 1. The number of nitrogens with one attached hydrogen (secondary N) is 1. The van der Waals surface area contributed by atoms with E-state index in [4.69, 9.17) is 4.74 Å². The third-order valence-electron chi connectivity index (χ3n) is 3.33. The standard InChI is InChI=1S/C16H19BrN2O/c1-4-19-16(12-8-13(20-3)10-18-9-12)14-6-5-7-15(17)11(14)2/h5-10,16,19H,4H2,1-3H3. The molecule has 0 spiro atoms. The number of halogens is 1. The Bertz CT molecular complexity index is 586. The number of benzene rings is 1. The third kappa shape index (κ3) is 3.19. The second-order valence-electron chi connectivity index (χ2n) is 4.60. The van der Waals surface area contributed by atoms with Gasteiger partial charge in [0.25, 0.3) is 0 Å². The zero-order valence-corrected chi connectivity index (χ0v) is 13.6. The van der Waals surface area contributed by atoms with E-state index < -0.39 is 0 Å². The average molecular weight is 335 g/mol. The minimum Gasteiger partial charge on any atom is -0.495 e. The second kappa shape index (κ2) is 6.86. The molecule has 2 rings (SSSR count). The van der Waals surface area contributed by atoms with Crippen molar-refractivity contribution in [2.45, 2.75) is 19.9 Å². The Balaban J connectivity index is 2.47. The van der Waals surface area contributed by atoms with E-state index in [9.17, 15) is 0 Å². The molecule has 0 saturated heterocycles. The van der Waals surface area contributed by atoms with Crippen molar-refractivity contribution in [2.75, 3.05) is 13.7 Å². The van der Waals surface area contributed by atoms with E-state index in [0.717, 1.165) is 22.3 Å². The quantitative estimate of drug-likeness (QED) is 0.901. The van der Waals surface area contributed by atoms with Crippen molar-refractivity contribution in [3.63, 3.8) is 0 Å². The van der Waals surface area contributed by atoms with Crippen LogP contribution in [0.2, 0.25) is 0 Å². The van der Waals surface area contributed by atoms with Crippen LogP contribution in [0.5, 0.6) is 5.75 Å². The Morgan fingerprint density at radius 1 is 1.35 bits per heavy atom. The molecule has 1 aromatic carbocycles. The first-order valence-electron chi connectivity index (χ1n) is 6.64. The van der Waals surface area contributed by atoms with E-state index in [1.165, 1.54) is 11.1 Å². The predicted molar refractivity (Wildman–Crippen MR) is 85.2 cm³/mol. The number of pyridine rings is 1. The fourth-order valence-corrected chi connectivity index (χ4v) is 2.64. The summed E-state index contributed by atoms with van der Waals surface area (Å²) in [7, 11) is 1.66. The lowest BCUT2D eigenvalue weighted by molar-refractivity contribution is 0.411. The number of methoxy groups -OCH3 is 1. The van der Waals surface area contributed by atoms with Crippen LogP contribution in [0.25, 0.3) is 0 Å². The number of ether oxygens (including phenoxy) is 1. The molecule has 1 aromatic heterocycles. The summed E-state index contributed by atoms with van der Waals surface area (Å²) in [5.41, 5.74) is 3.59. The van der Waals surface area contributed by atoms with Gasteiger partial charge in [0.1, 0.15) is 5.75 Å². The molecule has 0 saturated carbocycles. The molecule has 1 N–H and O–H groups in total. The Kier molecular flexibility index (Phi) is 5.15. The molecule has 0 aliphatic heterocycles. The van der Waals surface area contributed by atoms with Crippen molar-refractivity contribution in [1.82, 2.24) is 10.3 Å². The van der Waals surface area contributed by atoms with Gasteiger partial charge in [0, 0.05) is 10.7 Å². The van der Waals surface area contributed by atoms with Gasteiger partial charge in [-0.25, -0.2) is 0 Å². The van der Waals surface area contributed by atoms with E-state index in [0.29, 0.717) is 0 Å². The summed E-state index contributed by atoms with van der Waals surface area (Å²) in [6, 6.07) is 8.41. The third-order valence-corrected chi connectivity index (χ3v) is 4.19. The normalized spacial score (nSPS) is 12.2. The minimum atomic E-state index is 0.111. The lowest BCUT2D eigenvalue weighted by Gasteiger charge is -2.21. The van der Waals surface area contributed by atoms with E-state index >= 15 is 0 Å². The number of nitrogens with zero attached hydrogens (tertiary/aromatic N) is 1. The molecule has 0 bridgehead atoms. The largest absolute Gasteiger partial charge is 0.495 e. The lowest BCUT2D eigenvalue weighted by Crippen LogP contribution is -2.23. The van der Waals surface area contributed by atoms with Crippen LogP contribution >= 0.6 is 15.9 Å². The molecule has 1 heterocycles. The highest BCUT2D eigenvalue weighted by atomic mass is 79.9. The van der Waals surface area contributed by atoms with Crippen LogP contribution < -0.4 is 10.1 Å². The van der Waals surface area contributed by atoms with Crippen molar-refractivity contribution in [1.29, 1.82) is 0 Å². The van der Waals surface area contributed by atoms with Crippen LogP contribution in [0, 0.1) is 6.92 Å². The fraction of sp³-hybridized carbons (Fsp3) is 0.312. The molecule has 0 radical (unpaired) electrons. The van der Waals surface area contributed by atoms with Gasteiger partial charge in [-0.05, 0) is 42.3 Å². The first kappa shape index (κ1) is 15.0. The van der Waals surface area contributed by atoms with Crippen molar-refractivity contribution in [2.24, 2.45) is 0 Å². The minimum absolute atomic E-state index is 0.111. The summed E-state index contributed by atoms with van der Waals surface area (Å²) < 4.78 is 6.39. The number of hydrogen-bond acceptors (Lipinski definition) is 3. The summed E-state index contributed by atoms with van der Waals surface area (Å²) in [5, 5.41) is 3.52. The van der Waals surface area contributed by atoms with E-state index in [1.54, 1.807) is 13.3 Å². The van der Waals surface area contributed by atoms with Crippen LogP contribution in [-0.2, 0) is 0 Å². The SMILES string of the molecule is CCNC(c1cncc(OC)c1)c1cccc(Br)c1C. The fourth-order valence-electron chi connectivity index (χ4n) is 2.25. The van der Waals surface area contributed by atoms with Crippen molar-refractivity contribution in [3.05, 3.63) is 57.8 Å². The molecule has 0 aliphatic rings. The highest BCUT2D eigenvalue weighted by Crippen LogP contribution is 2.29. The Morgan fingerprint density at radius 2 is 2.15 bits per heavy atom. The van der Waals surface area contributed by atoms with Crippen molar-refractivity contribution in [3.8, 4) is 5.75 Å². The molecule has 106 valence electrons. The average Bonchev–Trinajstić information content (AvgIpc) is 2.48. The van der Waals surface area contributed by atoms with Crippen LogP contribution in [-0.4, -0.2) is 18.6 Å². The molecule has 0 fully saturated rings. The first-order chi connectivity index (χ1) is 9.67. The summed E-state index contributed by atoms with van der Waals surface area (Å²) in [5.74, 6) is 0.776. The summed E-state index contributed by atoms with van der Waals surface area (Å²) in [6.45, 7) is 5.11. The molecule has 1 unspecified atom stereocenters. The predicted octanol–water partition coefficient (Wildman–Crippen LogP) is 3.86. The highest BCUT2D eigenvalue weighted by molar-refractivity contribution is 9.10. The molecule has 0 aliphatic carbocycles. The zero-order chi connectivity index (χ0) is 14.5. The Labute approximate surface area is 128 Å². The zero-order valence-electron chi connectivity index (χ0n) is 12.0.